The quantitative estimate of drug-likeness (QED) is 0.571. The zero-order valence-electron chi connectivity index (χ0n) is 15.4. The molecule has 0 aliphatic carbocycles. The number of benzene rings is 2. The van der Waals surface area contributed by atoms with Crippen LogP contribution in [0, 0.1) is 6.92 Å². The fraction of sp³-hybridized carbons (Fsp3) is 0.190. The Morgan fingerprint density at radius 3 is 2.67 bits per heavy atom. The number of nitrogens with one attached hydrogen (secondary N) is 2. The third kappa shape index (κ3) is 3.33. The number of hydrogen-bond donors (Lipinski definition) is 2. The Morgan fingerprint density at radius 2 is 1.85 bits per heavy atom. The molecule has 0 fully saturated rings. The maximum Gasteiger partial charge on any atom is 0.274 e. The van der Waals surface area contributed by atoms with Crippen molar-refractivity contribution >= 4 is 11.5 Å². The molecule has 0 atom stereocenters. The molecular weight excluding hydrogens is 338 g/mol. The Morgan fingerprint density at radius 1 is 1.07 bits per heavy atom. The van der Waals surface area contributed by atoms with Gasteiger partial charge in [-0.2, -0.15) is 9.50 Å². The zero-order chi connectivity index (χ0) is 18.8. The second-order valence-electron chi connectivity index (χ2n) is 6.47. The lowest BCUT2D eigenvalue weighted by Crippen LogP contribution is -2.17. The standard InChI is InChI=1S/C21H21N5O/c1-3-15-9-5-6-10-17(15)20-24-21-23-16(12-19(27)26(21)25-20)13-22-18-11-7-4-8-14(18)2/h4-12,22H,3,13H2,1-2H3,(H,23,24,25). The summed E-state index contributed by atoms with van der Waals surface area (Å²) in [6.45, 7) is 4.60. The molecule has 0 saturated heterocycles. The van der Waals surface area contributed by atoms with Gasteiger partial charge < -0.3 is 5.32 Å². The van der Waals surface area contributed by atoms with E-state index in [2.05, 4.69) is 33.4 Å². The first-order chi connectivity index (χ1) is 13.2. The number of aromatic nitrogens is 4. The fourth-order valence-electron chi connectivity index (χ4n) is 3.16. The van der Waals surface area contributed by atoms with E-state index in [0.29, 0.717) is 23.8 Å². The highest BCUT2D eigenvalue weighted by Crippen LogP contribution is 2.21. The second-order valence-corrected chi connectivity index (χ2v) is 6.47. The van der Waals surface area contributed by atoms with Crippen LogP contribution in [0.3, 0.4) is 0 Å². The lowest BCUT2D eigenvalue weighted by Gasteiger charge is -2.08. The van der Waals surface area contributed by atoms with Crippen LogP contribution in [0.1, 0.15) is 23.7 Å². The average Bonchev–Trinajstić information content (AvgIpc) is 3.12. The number of nitrogens with zero attached hydrogens (tertiary/aromatic N) is 3. The molecule has 0 saturated carbocycles. The topological polar surface area (TPSA) is 75.1 Å². The van der Waals surface area contributed by atoms with Crippen molar-refractivity contribution in [2.24, 2.45) is 0 Å². The van der Waals surface area contributed by atoms with E-state index in [-0.39, 0.29) is 5.56 Å². The van der Waals surface area contributed by atoms with Crippen molar-refractivity contribution in [3.63, 3.8) is 0 Å². The van der Waals surface area contributed by atoms with Gasteiger partial charge in [-0.05, 0) is 30.5 Å². The summed E-state index contributed by atoms with van der Waals surface area (Å²) in [5.41, 5.74) is 4.82. The number of H-pyrrole nitrogens is 1. The van der Waals surface area contributed by atoms with Gasteiger partial charge in [0, 0.05) is 17.3 Å². The first-order valence-corrected chi connectivity index (χ1v) is 9.02. The first-order valence-electron chi connectivity index (χ1n) is 9.02. The van der Waals surface area contributed by atoms with E-state index in [9.17, 15) is 4.79 Å². The Labute approximate surface area is 156 Å². The van der Waals surface area contributed by atoms with Crippen LogP contribution >= 0.6 is 0 Å². The summed E-state index contributed by atoms with van der Waals surface area (Å²) >= 11 is 0. The van der Waals surface area contributed by atoms with Gasteiger partial charge in [0.25, 0.3) is 11.3 Å². The third-order valence-electron chi connectivity index (χ3n) is 4.64. The van der Waals surface area contributed by atoms with Gasteiger partial charge in [0.05, 0.1) is 12.2 Å². The number of para-hydroxylation sites is 1. The number of aromatic amines is 1. The highest BCUT2D eigenvalue weighted by Gasteiger charge is 2.12. The predicted molar refractivity (Wildman–Crippen MR) is 107 cm³/mol. The molecule has 2 heterocycles. The van der Waals surface area contributed by atoms with E-state index in [1.165, 1.54) is 16.1 Å². The molecular formula is C21H21N5O. The van der Waals surface area contributed by atoms with Crippen molar-refractivity contribution in [3.8, 4) is 11.4 Å². The largest absolute Gasteiger partial charge is 0.379 e. The van der Waals surface area contributed by atoms with Crippen LogP contribution in [-0.2, 0) is 13.0 Å². The minimum atomic E-state index is -0.172. The molecule has 6 nitrogen and oxygen atoms in total. The molecule has 136 valence electrons. The van der Waals surface area contributed by atoms with Crippen molar-refractivity contribution < 1.29 is 0 Å². The highest BCUT2D eigenvalue weighted by molar-refractivity contribution is 5.61. The molecule has 0 unspecified atom stereocenters. The first kappa shape index (κ1) is 17.0. The molecule has 0 bridgehead atoms. The monoisotopic (exact) mass is 359 g/mol. The summed E-state index contributed by atoms with van der Waals surface area (Å²) < 4.78 is 1.39. The van der Waals surface area contributed by atoms with E-state index >= 15 is 0 Å². The Kier molecular flexibility index (Phi) is 4.46. The van der Waals surface area contributed by atoms with Gasteiger partial charge in [-0.25, -0.2) is 4.98 Å². The second kappa shape index (κ2) is 7.07. The third-order valence-corrected chi connectivity index (χ3v) is 4.64. The van der Waals surface area contributed by atoms with E-state index in [1.807, 2.05) is 49.4 Å². The van der Waals surface area contributed by atoms with Gasteiger partial charge in [-0.15, -0.1) is 0 Å². The average molecular weight is 359 g/mol. The molecule has 0 amide bonds. The van der Waals surface area contributed by atoms with Crippen molar-refractivity contribution in [2.75, 3.05) is 5.32 Å². The maximum absolute atomic E-state index is 12.5. The lowest BCUT2D eigenvalue weighted by molar-refractivity contribution is 0.878. The molecule has 0 aliphatic heterocycles. The van der Waals surface area contributed by atoms with Crippen LogP contribution in [0.4, 0.5) is 5.69 Å². The van der Waals surface area contributed by atoms with Crippen molar-refractivity contribution in [1.29, 1.82) is 0 Å². The predicted octanol–water partition coefficient (Wildman–Crippen LogP) is 3.57. The number of anilines is 1. The van der Waals surface area contributed by atoms with E-state index < -0.39 is 0 Å². The van der Waals surface area contributed by atoms with Gasteiger partial charge >= 0.3 is 0 Å². The smallest absolute Gasteiger partial charge is 0.274 e. The van der Waals surface area contributed by atoms with Crippen LogP contribution in [0.5, 0.6) is 0 Å². The Hall–Kier alpha value is -3.41. The molecule has 4 aromatic rings. The van der Waals surface area contributed by atoms with Crippen molar-refractivity contribution in [3.05, 3.63) is 81.8 Å². The van der Waals surface area contributed by atoms with Gasteiger partial charge in [0.2, 0.25) is 0 Å². The van der Waals surface area contributed by atoms with Crippen molar-refractivity contribution in [1.82, 2.24) is 19.6 Å². The molecule has 2 aromatic heterocycles. The van der Waals surface area contributed by atoms with Crippen molar-refractivity contribution in [2.45, 2.75) is 26.8 Å². The van der Waals surface area contributed by atoms with Gasteiger partial charge in [0.1, 0.15) is 0 Å². The van der Waals surface area contributed by atoms with Crippen LogP contribution in [0.2, 0.25) is 0 Å². The molecule has 0 radical (unpaired) electrons. The van der Waals surface area contributed by atoms with E-state index in [0.717, 1.165) is 23.2 Å². The molecule has 2 N–H and O–H groups in total. The molecule has 2 aromatic carbocycles. The molecule has 6 heteroatoms. The normalized spacial score (nSPS) is 11.0. The molecule has 0 aliphatic rings. The van der Waals surface area contributed by atoms with E-state index in [1.54, 1.807) is 0 Å². The maximum atomic E-state index is 12.5. The van der Waals surface area contributed by atoms with Gasteiger partial charge in [-0.1, -0.05) is 49.4 Å². The van der Waals surface area contributed by atoms with Gasteiger partial charge in [0.15, 0.2) is 5.82 Å². The Balaban J connectivity index is 1.68. The molecule has 4 rings (SSSR count). The van der Waals surface area contributed by atoms with E-state index in [4.69, 9.17) is 0 Å². The van der Waals surface area contributed by atoms with Crippen LogP contribution in [0.25, 0.3) is 17.2 Å². The fourth-order valence-corrected chi connectivity index (χ4v) is 3.16. The molecule has 0 spiro atoms. The summed E-state index contributed by atoms with van der Waals surface area (Å²) in [4.78, 5) is 21.6. The van der Waals surface area contributed by atoms with Crippen LogP contribution < -0.4 is 10.9 Å². The molecule has 27 heavy (non-hydrogen) atoms. The number of hydrogen-bond acceptors (Lipinski definition) is 4. The SMILES string of the molecule is CCc1ccccc1-c1nc2nc(CNc3ccccc3C)cc(=O)n2[nH]1. The van der Waals surface area contributed by atoms with Gasteiger partial charge in [-0.3, -0.25) is 9.89 Å². The summed E-state index contributed by atoms with van der Waals surface area (Å²) in [5, 5.41) is 6.40. The summed E-state index contributed by atoms with van der Waals surface area (Å²) in [6, 6.07) is 17.6. The highest BCUT2D eigenvalue weighted by atomic mass is 16.1. The summed E-state index contributed by atoms with van der Waals surface area (Å²) in [7, 11) is 0. The van der Waals surface area contributed by atoms with Crippen LogP contribution in [0.15, 0.2) is 59.4 Å². The number of rotatable bonds is 5. The number of fused-ring (bicyclic) bond motifs is 1. The summed E-state index contributed by atoms with van der Waals surface area (Å²) in [6.07, 6.45) is 0.890. The minimum Gasteiger partial charge on any atom is -0.379 e. The Bertz CT molecular complexity index is 1160. The van der Waals surface area contributed by atoms with Crippen LogP contribution in [-0.4, -0.2) is 19.6 Å². The minimum absolute atomic E-state index is 0.172. The zero-order valence-corrected chi connectivity index (χ0v) is 15.4. The lowest BCUT2D eigenvalue weighted by atomic mass is 10.1. The number of aryl methyl sites for hydroxylation is 2. The summed E-state index contributed by atoms with van der Waals surface area (Å²) in [5.74, 6) is 1.03.